The van der Waals surface area contributed by atoms with Crippen molar-refractivity contribution < 1.29 is 4.52 Å². The van der Waals surface area contributed by atoms with Crippen LogP contribution in [0.2, 0.25) is 0 Å². The molecule has 0 bridgehead atoms. The number of nitrogens with zero attached hydrogens (tertiary/aromatic N) is 1. The number of nitrogens with one attached hydrogen (secondary N) is 1. The van der Waals surface area contributed by atoms with Crippen molar-refractivity contribution in [1.82, 2.24) is 5.09 Å². The van der Waals surface area contributed by atoms with E-state index in [1.165, 1.54) is 6.42 Å². The van der Waals surface area contributed by atoms with Crippen molar-refractivity contribution in [3.63, 3.8) is 0 Å². The molecule has 0 saturated heterocycles. The van der Waals surface area contributed by atoms with Gasteiger partial charge in [-0.25, -0.2) is 0 Å². The molecule has 0 aliphatic rings. The molecule has 0 aromatic carbocycles. The molecule has 0 fully saturated rings. The van der Waals surface area contributed by atoms with Gasteiger partial charge in [-0.2, -0.15) is 0 Å². The van der Waals surface area contributed by atoms with Gasteiger partial charge in [-0.3, -0.25) is 4.99 Å². The third-order valence-corrected chi connectivity index (χ3v) is 7.31. The molecule has 1 unspecified atom stereocenters. The smallest absolute Gasteiger partial charge is 0.210 e. The second-order valence-electron chi connectivity index (χ2n) is 2.78. The average molecular weight is 266 g/mol. The van der Waals surface area contributed by atoms with Crippen LogP contribution < -0.4 is 5.09 Å². The first-order valence-corrected chi connectivity index (χ1v) is 9.17. The first-order valence-electron chi connectivity index (χ1n) is 4.85. The zero-order valence-corrected chi connectivity index (χ0v) is 11.8. The van der Waals surface area contributed by atoms with Crippen molar-refractivity contribution in [2.45, 2.75) is 19.8 Å². The summed E-state index contributed by atoms with van der Waals surface area (Å²) in [6.45, 7) is 6.35. The van der Waals surface area contributed by atoms with Gasteiger partial charge >= 0.3 is 0 Å². The van der Waals surface area contributed by atoms with Gasteiger partial charge in [0.2, 0.25) is 5.62 Å². The van der Waals surface area contributed by atoms with Crippen LogP contribution in [0.1, 0.15) is 19.8 Å². The van der Waals surface area contributed by atoms with E-state index in [0.29, 0.717) is 6.54 Å². The largest absolute Gasteiger partial charge is 0.330 e. The quantitative estimate of drug-likeness (QED) is 0.228. The van der Waals surface area contributed by atoms with Crippen LogP contribution in [0.3, 0.4) is 0 Å². The van der Waals surface area contributed by atoms with Crippen molar-refractivity contribution in [1.29, 1.82) is 0 Å². The van der Waals surface area contributed by atoms with Crippen LogP contribution in [0.5, 0.6) is 0 Å². The molecular weight excluding hydrogens is 247 g/mol. The highest BCUT2D eigenvalue weighted by atomic mass is 32.9. The molecule has 0 aromatic heterocycles. The van der Waals surface area contributed by atoms with Gasteiger partial charge in [-0.15, -0.1) is 6.58 Å². The number of hydrogen-bond acceptors (Lipinski definition) is 4. The standard InChI is InChI=1S/C9H19N2OPS2/c1-4-6-8-15-13(14,12-3)11-9-10-7-5-2/h5,9H,2,4,6-8H2,1,3H3,(H,10,11,14). The highest BCUT2D eigenvalue weighted by molar-refractivity contribution is 8.68. The Morgan fingerprint density at radius 3 is 2.93 bits per heavy atom. The maximum Gasteiger partial charge on any atom is 0.210 e. The number of rotatable bonds is 9. The third-order valence-electron chi connectivity index (χ3n) is 1.54. The molecule has 0 aliphatic carbocycles. The van der Waals surface area contributed by atoms with Gasteiger partial charge in [0.25, 0.3) is 0 Å². The zero-order valence-electron chi connectivity index (χ0n) is 9.31. The molecule has 0 radical (unpaired) electrons. The molecule has 0 aliphatic heterocycles. The monoisotopic (exact) mass is 266 g/mol. The Morgan fingerprint density at radius 1 is 1.67 bits per heavy atom. The number of hydrogen-bond donors (Lipinski definition) is 1. The van der Waals surface area contributed by atoms with Crippen molar-refractivity contribution in [3.8, 4) is 0 Å². The Bertz CT molecular complexity index is 246. The minimum absolute atomic E-state index is 0.603. The molecule has 0 saturated carbocycles. The van der Waals surface area contributed by atoms with Gasteiger partial charge < -0.3 is 9.61 Å². The average Bonchev–Trinajstić information content (AvgIpc) is 2.25. The predicted molar refractivity (Wildman–Crippen MR) is 75.4 cm³/mol. The van der Waals surface area contributed by atoms with Crippen molar-refractivity contribution in [2.75, 3.05) is 19.4 Å². The molecule has 0 spiro atoms. The van der Waals surface area contributed by atoms with Gasteiger partial charge in [0.15, 0.2) is 0 Å². The molecule has 0 rings (SSSR count). The lowest BCUT2D eigenvalue weighted by Gasteiger charge is -2.18. The van der Waals surface area contributed by atoms with Crippen LogP contribution >= 0.6 is 17.0 Å². The molecule has 0 amide bonds. The first kappa shape index (κ1) is 15.2. The third kappa shape index (κ3) is 8.03. The SMILES string of the molecule is C=CCN=CNP(=S)(OC)SCCCC. The van der Waals surface area contributed by atoms with Gasteiger partial charge in [-0.05, 0) is 18.2 Å². The highest BCUT2D eigenvalue weighted by Gasteiger charge is 2.13. The van der Waals surface area contributed by atoms with Gasteiger partial charge in [0.05, 0.1) is 12.9 Å². The van der Waals surface area contributed by atoms with Crippen molar-refractivity contribution in [3.05, 3.63) is 12.7 Å². The van der Waals surface area contributed by atoms with E-state index in [1.54, 1.807) is 30.9 Å². The second-order valence-corrected chi connectivity index (χ2v) is 9.62. The van der Waals surface area contributed by atoms with Crippen molar-refractivity contribution >= 4 is 35.1 Å². The van der Waals surface area contributed by atoms with Crippen molar-refractivity contribution in [2.24, 2.45) is 4.99 Å². The maximum atomic E-state index is 5.39. The Kier molecular flexibility index (Phi) is 9.51. The Hall–Kier alpha value is 0.170. The van der Waals surface area contributed by atoms with Crippen LogP contribution in [0, 0.1) is 0 Å². The molecule has 0 aromatic rings. The van der Waals surface area contributed by atoms with E-state index in [2.05, 4.69) is 23.6 Å². The molecule has 1 atom stereocenters. The summed E-state index contributed by atoms with van der Waals surface area (Å²) in [5, 5.41) is 3.07. The summed E-state index contributed by atoms with van der Waals surface area (Å²) in [6.07, 6.45) is 5.71. The summed E-state index contributed by atoms with van der Waals surface area (Å²) in [5.41, 5.74) is -1.95. The van der Waals surface area contributed by atoms with E-state index in [0.717, 1.165) is 12.2 Å². The van der Waals surface area contributed by atoms with Crippen LogP contribution in [0.4, 0.5) is 0 Å². The fourth-order valence-corrected chi connectivity index (χ4v) is 4.48. The summed E-state index contributed by atoms with van der Waals surface area (Å²) >= 11 is 7.07. The molecular formula is C9H19N2OPS2. The number of unbranched alkanes of at least 4 members (excludes halogenated alkanes) is 1. The van der Waals surface area contributed by atoms with E-state index in [1.807, 2.05) is 0 Å². The summed E-state index contributed by atoms with van der Waals surface area (Å²) in [5.74, 6) is 1.03. The maximum absolute atomic E-state index is 5.39. The van der Waals surface area contributed by atoms with Crippen LogP contribution in [-0.4, -0.2) is 25.7 Å². The summed E-state index contributed by atoms with van der Waals surface area (Å²) in [7, 11) is 1.65. The van der Waals surface area contributed by atoms with Gasteiger partial charge in [-0.1, -0.05) is 30.8 Å². The van der Waals surface area contributed by atoms with Crippen LogP contribution in [-0.2, 0) is 16.3 Å². The second kappa shape index (κ2) is 9.40. The Morgan fingerprint density at radius 2 is 2.40 bits per heavy atom. The predicted octanol–water partition coefficient (Wildman–Crippen LogP) is 3.19. The molecule has 3 nitrogen and oxygen atoms in total. The minimum atomic E-state index is -1.95. The summed E-state index contributed by atoms with van der Waals surface area (Å²) in [4.78, 5) is 4.06. The lowest BCUT2D eigenvalue weighted by molar-refractivity contribution is 0.467. The van der Waals surface area contributed by atoms with Crippen LogP contribution in [0.25, 0.3) is 0 Å². The molecule has 15 heavy (non-hydrogen) atoms. The number of aliphatic imine (C=N–C) groups is 1. The highest BCUT2D eigenvalue weighted by Crippen LogP contribution is 2.55. The van der Waals surface area contributed by atoms with E-state index in [-0.39, 0.29) is 0 Å². The lowest BCUT2D eigenvalue weighted by Crippen LogP contribution is -2.07. The lowest BCUT2D eigenvalue weighted by atomic mass is 10.4. The van der Waals surface area contributed by atoms with E-state index in [4.69, 9.17) is 16.3 Å². The van der Waals surface area contributed by atoms with Crippen LogP contribution in [0.15, 0.2) is 17.6 Å². The molecule has 6 heteroatoms. The van der Waals surface area contributed by atoms with E-state index in [9.17, 15) is 0 Å². The molecule has 0 heterocycles. The molecule has 88 valence electrons. The van der Waals surface area contributed by atoms with E-state index < -0.39 is 5.62 Å². The minimum Gasteiger partial charge on any atom is -0.330 e. The summed E-state index contributed by atoms with van der Waals surface area (Å²) in [6, 6.07) is 0. The molecule has 1 N–H and O–H groups in total. The first-order chi connectivity index (χ1) is 7.18. The normalized spacial score (nSPS) is 15.1. The Labute approximate surface area is 102 Å². The Balaban J connectivity index is 3.95. The van der Waals surface area contributed by atoms with E-state index >= 15 is 0 Å². The van der Waals surface area contributed by atoms with Gasteiger partial charge in [0, 0.05) is 12.9 Å². The summed E-state index contributed by atoms with van der Waals surface area (Å²) < 4.78 is 5.33. The van der Waals surface area contributed by atoms with Gasteiger partial charge in [0.1, 0.15) is 0 Å². The fourth-order valence-electron chi connectivity index (χ4n) is 0.711. The topological polar surface area (TPSA) is 33.6 Å². The zero-order chi connectivity index (χ0) is 11.6. The fraction of sp³-hybridized carbons (Fsp3) is 0.667.